The maximum atomic E-state index is 13.1. The number of nitrogens with one attached hydrogen (secondary N) is 1. The highest BCUT2D eigenvalue weighted by Crippen LogP contribution is 2.53. The van der Waals surface area contributed by atoms with Gasteiger partial charge >= 0.3 is 5.69 Å². The van der Waals surface area contributed by atoms with Crippen molar-refractivity contribution in [2.75, 3.05) is 18.0 Å². The third kappa shape index (κ3) is 2.78. The van der Waals surface area contributed by atoms with Crippen molar-refractivity contribution in [2.24, 2.45) is 12.5 Å². The second kappa shape index (κ2) is 6.63. The van der Waals surface area contributed by atoms with E-state index in [2.05, 4.69) is 16.0 Å². The first-order valence-corrected chi connectivity index (χ1v) is 10.5. The highest BCUT2D eigenvalue weighted by molar-refractivity contribution is 5.89. The number of rotatable bonds is 3. The minimum absolute atomic E-state index is 0.351. The number of hydrogen-bond donors (Lipinski definition) is 1. The minimum atomic E-state index is -0.499. The molecule has 5 rings (SSSR count). The van der Waals surface area contributed by atoms with Crippen molar-refractivity contribution in [3.05, 3.63) is 61.8 Å². The quantitative estimate of drug-likeness (QED) is 0.728. The van der Waals surface area contributed by atoms with E-state index in [4.69, 9.17) is 0 Å². The molecule has 1 aliphatic heterocycles. The van der Waals surface area contributed by atoms with E-state index in [1.165, 1.54) is 26.3 Å². The van der Waals surface area contributed by atoms with Gasteiger partial charge in [-0.3, -0.25) is 9.36 Å². The first-order chi connectivity index (χ1) is 14.4. The molecule has 0 atom stereocenters. The van der Waals surface area contributed by atoms with E-state index >= 15 is 0 Å². The van der Waals surface area contributed by atoms with Crippen molar-refractivity contribution in [1.82, 2.24) is 14.1 Å². The largest absolute Gasteiger partial charge is 0.356 e. The van der Waals surface area contributed by atoms with E-state index in [9.17, 15) is 14.9 Å². The van der Waals surface area contributed by atoms with Crippen molar-refractivity contribution in [2.45, 2.75) is 39.2 Å². The second-order valence-corrected chi connectivity index (χ2v) is 8.87. The van der Waals surface area contributed by atoms with E-state index in [0.29, 0.717) is 28.6 Å². The van der Waals surface area contributed by atoms with Gasteiger partial charge in [-0.15, -0.1) is 0 Å². The van der Waals surface area contributed by atoms with Gasteiger partial charge in [0, 0.05) is 20.1 Å². The monoisotopic (exact) mass is 403 g/mol. The summed E-state index contributed by atoms with van der Waals surface area (Å²) in [6, 6.07) is 10.4. The Bertz CT molecular complexity index is 1320. The number of nitrogens with zero attached hydrogens (tertiary/aromatic N) is 4. The van der Waals surface area contributed by atoms with Crippen LogP contribution in [-0.2, 0) is 13.6 Å². The zero-order valence-electron chi connectivity index (χ0n) is 17.4. The van der Waals surface area contributed by atoms with Crippen LogP contribution in [-0.4, -0.2) is 27.2 Å². The molecule has 154 valence electrons. The van der Waals surface area contributed by atoms with Gasteiger partial charge in [-0.05, 0) is 49.1 Å². The molecule has 1 saturated carbocycles. The van der Waals surface area contributed by atoms with Crippen LogP contribution in [0, 0.1) is 23.7 Å². The maximum Gasteiger partial charge on any atom is 0.328 e. The number of fused-ring (bicyclic) bond motifs is 1. The zero-order valence-corrected chi connectivity index (χ0v) is 17.4. The Balaban J connectivity index is 1.79. The smallest absolute Gasteiger partial charge is 0.328 e. The van der Waals surface area contributed by atoms with Crippen LogP contribution in [0.3, 0.4) is 0 Å². The third-order valence-corrected chi connectivity index (χ3v) is 6.90. The Morgan fingerprint density at radius 3 is 2.67 bits per heavy atom. The fourth-order valence-electron chi connectivity index (χ4n) is 4.91. The molecule has 1 N–H and O–H groups in total. The molecule has 3 heterocycles. The summed E-state index contributed by atoms with van der Waals surface area (Å²) in [6.07, 6.45) is 4.75. The molecule has 2 fully saturated rings. The number of hydrogen-bond acceptors (Lipinski definition) is 4. The number of aryl methyl sites for hydroxylation is 1. The average Bonchev–Trinajstić information content (AvgIpc) is 3.40. The number of benzene rings is 1. The zero-order chi connectivity index (χ0) is 21.0. The Morgan fingerprint density at radius 1 is 1.20 bits per heavy atom. The fourth-order valence-corrected chi connectivity index (χ4v) is 4.91. The van der Waals surface area contributed by atoms with Crippen LogP contribution in [0.4, 0.5) is 5.82 Å². The molecule has 7 heteroatoms. The van der Waals surface area contributed by atoms with Gasteiger partial charge in [0.15, 0.2) is 0 Å². The molecule has 1 aliphatic carbocycles. The van der Waals surface area contributed by atoms with E-state index in [-0.39, 0.29) is 5.56 Å². The predicted octanol–water partition coefficient (Wildman–Crippen LogP) is 2.64. The number of nitriles is 1. The Hall–Kier alpha value is -3.27. The SMILES string of the molecule is Cc1ccccc1Cn1c(N2CCCC3(CC3)C2)c(C#N)c2[nH]c(=O)n(C)c(=O)c21. The minimum Gasteiger partial charge on any atom is -0.356 e. The summed E-state index contributed by atoms with van der Waals surface area (Å²) in [5, 5.41) is 10.1. The second-order valence-electron chi connectivity index (χ2n) is 8.87. The molecule has 1 spiro atoms. The van der Waals surface area contributed by atoms with E-state index in [1.54, 1.807) is 0 Å². The van der Waals surface area contributed by atoms with Crippen LogP contribution in [0.2, 0.25) is 0 Å². The highest BCUT2D eigenvalue weighted by atomic mass is 16.2. The lowest BCUT2D eigenvalue weighted by Crippen LogP contribution is -2.38. The summed E-state index contributed by atoms with van der Waals surface area (Å²) in [4.78, 5) is 30.5. The summed E-state index contributed by atoms with van der Waals surface area (Å²) in [5.41, 5.74) is 2.84. The van der Waals surface area contributed by atoms with Gasteiger partial charge in [0.25, 0.3) is 5.56 Å². The molecule has 0 unspecified atom stereocenters. The molecule has 30 heavy (non-hydrogen) atoms. The standard InChI is InChI=1S/C23H25N5O2/c1-15-6-3-4-7-16(15)13-28-19-18(25-22(30)26(2)21(19)29)17(12-24)20(28)27-11-5-8-23(14-27)9-10-23/h3-4,6-7H,5,8-11,13-14H2,1-2H3,(H,25,30). The van der Waals surface area contributed by atoms with Crippen molar-refractivity contribution in [3.8, 4) is 6.07 Å². The predicted molar refractivity (Wildman–Crippen MR) is 116 cm³/mol. The van der Waals surface area contributed by atoms with Crippen LogP contribution in [0.5, 0.6) is 0 Å². The van der Waals surface area contributed by atoms with E-state index in [1.807, 2.05) is 35.8 Å². The molecule has 7 nitrogen and oxygen atoms in total. The summed E-state index contributed by atoms with van der Waals surface area (Å²) in [5.74, 6) is 0.765. The van der Waals surface area contributed by atoms with Crippen LogP contribution < -0.4 is 16.1 Å². The van der Waals surface area contributed by atoms with Crippen molar-refractivity contribution in [3.63, 3.8) is 0 Å². The molecule has 0 amide bonds. The maximum absolute atomic E-state index is 13.1. The van der Waals surface area contributed by atoms with Crippen molar-refractivity contribution >= 4 is 16.9 Å². The van der Waals surface area contributed by atoms with Gasteiger partial charge in [0.05, 0.1) is 12.1 Å². The Labute approximate surface area is 174 Å². The number of anilines is 1. The lowest BCUT2D eigenvalue weighted by molar-refractivity contribution is 0.391. The third-order valence-electron chi connectivity index (χ3n) is 6.90. The highest BCUT2D eigenvalue weighted by Gasteiger charge is 2.46. The van der Waals surface area contributed by atoms with Crippen molar-refractivity contribution in [1.29, 1.82) is 5.26 Å². The van der Waals surface area contributed by atoms with Crippen LogP contribution in [0.15, 0.2) is 33.9 Å². The number of piperidine rings is 1. The van der Waals surface area contributed by atoms with Crippen LogP contribution in [0.25, 0.3) is 11.0 Å². The number of aromatic nitrogens is 3. The summed E-state index contributed by atoms with van der Waals surface area (Å²) >= 11 is 0. The molecule has 2 aromatic heterocycles. The van der Waals surface area contributed by atoms with Gasteiger partial charge in [-0.25, -0.2) is 4.79 Å². The summed E-state index contributed by atoms with van der Waals surface area (Å²) < 4.78 is 3.04. The Morgan fingerprint density at radius 2 is 1.97 bits per heavy atom. The molecule has 2 aliphatic rings. The van der Waals surface area contributed by atoms with Crippen molar-refractivity contribution < 1.29 is 0 Å². The van der Waals surface area contributed by atoms with E-state index in [0.717, 1.165) is 41.0 Å². The summed E-state index contributed by atoms with van der Waals surface area (Å²) in [7, 11) is 1.47. The fraction of sp³-hybridized carbons (Fsp3) is 0.435. The van der Waals surface area contributed by atoms with Crippen LogP contribution in [0.1, 0.15) is 42.4 Å². The first-order valence-electron chi connectivity index (χ1n) is 10.5. The molecule has 1 saturated heterocycles. The number of H-pyrrole nitrogens is 1. The van der Waals surface area contributed by atoms with Crippen LogP contribution >= 0.6 is 0 Å². The lowest BCUT2D eigenvalue weighted by Gasteiger charge is -2.35. The normalized spacial score (nSPS) is 17.4. The average molecular weight is 403 g/mol. The Kier molecular flexibility index (Phi) is 4.14. The topological polar surface area (TPSA) is 86.8 Å². The molecular weight excluding hydrogens is 378 g/mol. The van der Waals surface area contributed by atoms with E-state index < -0.39 is 5.69 Å². The number of aromatic amines is 1. The molecule has 3 aromatic rings. The van der Waals surface area contributed by atoms with Gasteiger partial charge in [-0.1, -0.05) is 24.3 Å². The summed E-state index contributed by atoms with van der Waals surface area (Å²) in [6.45, 7) is 4.28. The van der Waals surface area contributed by atoms with Gasteiger partial charge in [0.2, 0.25) is 0 Å². The van der Waals surface area contributed by atoms with Gasteiger partial charge in [-0.2, -0.15) is 5.26 Å². The molecule has 1 aromatic carbocycles. The lowest BCUT2D eigenvalue weighted by atomic mass is 9.95. The molecule has 0 radical (unpaired) electrons. The first kappa shape index (κ1) is 18.7. The van der Waals surface area contributed by atoms with Gasteiger partial charge < -0.3 is 14.5 Å². The molecule has 0 bridgehead atoms. The van der Waals surface area contributed by atoms with Gasteiger partial charge in [0.1, 0.15) is 23.0 Å². The molecular formula is C23H25N5O2.